The fourth-order valence-electron chi connectivity index (χ4n) is 1.50. The second-order valence-electron chi connectivity index (χ2n) is 3.26. The maximum atomic E-state index is 9.23. The van der Waals surface area contributed by atoms with Crippen molar-refractivity contribution in [3.8, 4) is 0 Å². The fraction of sp³-hybridized carbons (Fsp3) is 1.00. The van der Waals surface area contributed by atoms with Crippen molar-refractivity contribution < 1.29 is 9.29 Å². The summed E-state index contributed by atoms with van der Waals surface area (Å²) in [4.78, 5) is 2.36. The van der Waals surface area contributed by atoms with Crippen LogP contribution < -0.4 is 0 Å². The predicted octanol–water partition coefficient (Wildman–Crippen LogP) is 0.695. The second-order valence-corrected chi connectivity index (χ2v) is 3.52. The Morgan fingerprint density at radius 1 is 1.42 bits per heavy atom. The minimum Gasteiger partial charge on any atom is -0.393 e. The summed E-state index contributed by atoms with van der Waals surface area (Å²) in [6.45, 7) is 3.82. The molecule has 0 aromatic carbocycles. The van der Waals surface area contributed by atoms with Crippen LogP contribution in [0.5, 0.6) is 0 Å². The molecule has 0 saturated carbocycles. The molecule has 1 heterocycles. The van der Waals surface area contributed by atoms with Crippen molar-refractivity contribution in [1.29, 1.82) is 0 Å². The van der Waals surface area contributed by atoms with Gasteiger partial charge < -0.3 is 14.2 Å². The van der Waals surface area contributed by atoms with Crippen LogP contribution in [-0.2, 0) is 4.18 Å². The summed E-state index contributed by atoms with van der Waals surface area (Å²) >= 11 is 3.67. The number of rotatable bonds is 4. The molecule has 1 N–H and O–H groups in total. The van der Waals surface area contributed by atoms with Gasteiger partial charge in [-0.05, 0) is 32.2 Å². The number of likely N-dealkylation sites (tertiary alicyclic amines) is 1. The maximum Gasteiger partial charge on any atom is 0.0622 e. The van der Waals surface area contributed by atoms with Crippen molar-refractivity contribution in [2.45, 2.75) is 25.4 Å². The summed E-state index contributed by atoms with van der Waals surface area (Å²) in [5.41, 5.74) is 0. The molecule has 0 bridgehead atoms. The Labute approximate surface area is 79.3 Å². The van der Waals surface area contributed by atoms with Crippen LogP contribution in [0, 0.1) is 0 Å². The van der Waals surface area contributed by atoms with Crippen LogP contribution in [0.4, 0.5) is 0 Å². The van der Waals surface area contributed by atoms with E-state index >= 15 is 0 Å². The van der Waals surface area contributed by atoms with Crippen molar-refractivity contribution in [2.24, 2.45) is 0 Å². The second kappa shape index (κ2) is 5.80. The van der Waals surface area contributed by atoms with Gasteiger partial charge in [0, 0.05) is 19.6 Å². The van der Waals surface area contributed by atoms with Crippen molar-refractivity contribution >= 4 is 12.9 Å². The molecule has 0 aromatic rings. The number of aliphatic hydroxyl groups excluding tert-OH is 1. The number of thiol groups is 1. The Balaban J connectivity index is 2.01. The van der Waals surface area contributed by atoms with E-state index in [9.17, 15) is 5.11 Å². The van der Waals surface area contributed by atoms with Crippen LogP contribution in [-0.4, -0.2) is 42.4 Å². The summed E-state index contributed by atoms with van der Waals surface area (Å²) in [7, 11) is 0. The van der Waals surface area contributed by atoms with E-state index in [2.05, 4.69) is 22.0 Å². The Morgan fingerprint density at radius 3 is 2.67 bits per heavy atom. The SMILES string of the molecule is OC1CCN(CCCOS)CC1. The number of aliphatic hydroxyl groups is 1. The minimum atomic E-state index is -0.0672. The average molecular weight is 191 g/mol. The third-order valence-electron chi connectivity index (χ3n) is 2.27. The van der Waals surface area contributed by atoms with Gasteiger partial charge in [0.1, 0.15) is 0 Å². The summed E-state index contributed by atoms with van der Waals surface area (Å²) in [5.74, 6) is 0. The topological polar surface area (TPSA) is 32.7 Å². The molecular formula is C8H17NO2S. The zero-order chi connectivity index (χ0) is 8.81. The Kier molecular flexibility index (Phi) is 4.99. The molecule has 1 rings (SSSR count). The van der Waals surface area contributed by atoms with Gasteiger partial charge in [0.25, 0.3) is 0 Å². The van der Waals surface area contributed by atoms with Crippen LogP contribution in [0.1, 0.15) is 19.3 Å². The van der Waals surface area contributed by atoms with E-state index < -0.39 is 0 Å². The molecule has 3 nitrogen and oxygen atoms in total. The highest BCUT2D eigenvalue weighted by Crippen LogP contribution is 2.09. The highest BCUT2D eigenvalue weighted by Gasteiger charge is 2.15. The zero-order valence-electron chi connectivity index (χ0n) is 7.28. The highest BCUT2D eigenvalue weighted by atomic mass is 32.1. The van der Waals surface area contributed by atoms with Gasteiger partial charge in [-0.1, -0.05) is 0 Å². The lowest BCUT2D eigenvalue weighted by atomic mass is 10.1. The van der Waals surface area contributed by atoms with E-state index in [0.717, 1.165) is 38.9 Å². The van der Waals surface area contributed by atoms with E-state index in [4.69, 9.17) is 0 Å². The molecular weight excluding hydrogens is 174 g/mol. The van der Waals surface area contributed by atoms with Gasteiger partial charge in [-0.3, -0.25) is 0 Å². The molecule has 0 spiro atoms. The van der Waals surface area contributed by atoms with Gasteiger partial charge in [-0.15, -0.1) is 0 Å². The summed E-state index contributed by atoms with van der Waals surface area (Å²) in [6, 6.07) is 0. The van der Waals surface area contributed by atoms with E-state index in [1.165, 1.54) is 0 Å². The molecule has 0 aromatic heterocycles. The quantitative estimate of drug-likeness (QED) is 0.390. The van der Waals surface area contributed by atoms with E-state index in [0.29, 0.717) is 6.61 Å². The molecule has 0 aliphatic carbocycles. The van der Waals surface area contributed by atoms with Crippen LogP contribution >= 0.6 is 12.9 Å². The van der Waals surface area contributed by atoms with Crippen molar-refractivity contribution in [2.75, 3.05) is 26.2 Å². The van der Waals surface area contributed by atoms with Crippen LogP contribution in [0.3, 0.4) is 0 Å². The molecule has 4 heteroatoms. The molecule has 0 radical (unpaired) electrons. The standard InChI is InChI=1S/C8H17NO2S/c10-8-2-5-9(6-3-8)4-1-7-11-12/h8,10,12H,1-7H2. The van der Waals surface area contributed by atoms with Gasteiger partial charge in [-0.25, -0.2) is 0 Å². The predicted molar refractivity (Wildman–Crippen MR) is 51.2 cm³/mol. The normalized spacial score (nSPS) is 21.5. The van der Waals surface area contributed by atoms with E-state index in [1.54, 1.807) is 0 Å². The molecule has 12 heavy (non-hydrogen) atoms. The summed E-state index contributed by atoms with van der Waals surface area (Å²) in [6.07, 6.45) is 2.80. The molecule has 1 saturated heterocycles. The number of piperidine rings is 1. The highest BCUT2D eigenvalue weighted by molar-refractivity contribution is 7.75. The average Bonchev–Trinajstić information content (AvgIpc) is 2.09. The Morgan fingerprint density at radius 2 is 2.08 bits per heavy atom. The molecule has 1 aliphatic heterocycles. The molecule has 0 unspecified atom stereocenters. The Bertz CT molecular complexity index is 116. The lowest BCUT2D eigenvalue weighted by molar-refractivity contribution is 0.0805. The first kappa shape index (κ1) is 10.3. The molecule has 0 atom stereocenters. The third-order valence-corrected chi connectivity index (χ3v) is 2.45. The minimum absolute atomic E-state index is 0.0672. The summed E-state index contributed by atoms with van der Waals surface area (Å²) in [5, 5.41) is 9.23. The van der Waals surface area contributed by atoms with Crippen LogP contribution in [0.25, 0.3) is 0 Å². The first-order valence-corrected chi connectivity index (χ1v) is 4.86. The first-order valence-electron chi connectivity index (χ1n) is 4.49. The van der Waals surface area contributed by atoms with Gasteiger partial charge >= 0.3 is 0 Å². The van der Waals surface area contributed by atoms with Crippen LogP contribution in [0.2, 0.25) is 0 Å². The molecule has 72 valence electrons. The molecule has 1 fully saturated rings. The lowest BCUT2D eigenvalue weighted by Crippen LogP contribution is -2.36. The molecule has 0 amide bonds. The first-order chi connectivity index (χ1) is 5.83. The van der Waals surface area contributed by atoms with Gasteiger partial charge in [-0.2, -0.15) is 0 Å². The van der Waals surface area contributed by atoms with Gasteiger partial charge in [0.05, 0.1) is 12.7 Å². The Hall–Kier alpha value is 0.230. The fourth-order valence-corrected chi connectivity index (χ4v) is 1.62. The molecule has 1 aliphatic rings. The number of hydrogen-bond donors (Lipinski definition) is 2. The zero-order valence-corrected chi connectivity index (χ0v) is 8.17. The summed E-state index contributed by atoms with van der Waals surface area (Å²) < 4.78 is 4.67. The van der Waals surface area contributed by atoms with Crippen molar-refractivity contribution in [3.05, 3.63) is 0 Å². The van der Waals surface area contributed by atoms with Crippen molar-refractivity contribution in [1.82, 2.24) is 4.90 Å². The maximum absolute atomic E-state index is 9.23. The van der Waals surface area contributed by atoms with Gasteiger partial charge in [0.15, 0.2) is 0 Å². The third kappa shape index (κ3) is 3.76. The van der Waals surface area contributed by atoms with Gasteiger partial charge in [0.2, 0.25) is 0 Å². The van der Waals surface area contributed by atoms with Crippen LogP contribution in [0.15, 0.2) is 0 Å². The van der Waals surface area contributed by atoms with E-state index in [-0.39, 0.29) is 6.10 Å². The van der Waals surface area contributed by atoms with Crippen molar-refractivity contribution in [3.63, 3.8) is 0 Å². The lowest BCUT2D eigenvalue weighted by Gasteiger charge is -2.29. The largest absolute Gasteiger partial charge is 0.393 e. The smallest absolute Gasteiger partial charge is 0.0622 e. The monoisotopic (exact) mass is 191 g/mol. The number of hydrogen-bond acceptors (Lipinski definition) is 4. The number of nitrogens with zero attached hydrogens (tertiary/aromatic N) is 1. The van der Waals surface area contributed by atoms with E-state index in [1.807, 2.05) is 0 Å².